The van der Waals surface area contributed by atoms with Gasteiger partial charge in [0.05, 0.1) is 11.4 Å². The van der Waals surface area contributed by atoms with E-state index in [0.717, 1.165) is 41.0 Å². The summed E-state index contributed by atoms with van der Waals surface area (Å²) in [5.74, 6) is -3.06. The van der Waals surface area contributed by atoms with E-state index in [1.54, 1.807) is 48.5 Å². The van der Waals surface area contributed by atoms with Crippen LogP contribution in [0.5, 0.6) is 0 Å². The van der Waals surface area contributed by atoms with E-state index in [0.29, 0.717) is 28.6 Å². The molecular formula is C30H22N4O6. The summed E-state index contributed by atoms with van der Waals surface area (Å²) in [5.41, 5.74) is 4.55. The normalized spacial score (nSPS) is 10.9. The summed E-state index contributed by atoms with van der Waals surface area (Å²) < 4.78 is 0. The van der Waals surface area contributed by atoms with E-state index in [2.05, 4.69) is 10.6 Å². The van der Waals surface area contributed by atoms with Gasteiger partial charge in [-0.25, -0.2) is 19.6 Å². The van der Waals surface area contributed by atoms with Gasteiger partial charge in [-0.1, -0.05) is 54.6 Å². The molecule has 0 bridgehead atoms. The number of carbonyl (C=O) groups excluding carboxylic acids is 2. The van der Waals surface area contributed by atoms with Crippen molar-refractivity contribution < 1.29 is 29.4 Å². The molecule has 0 aliphatic heterocycles. The molecule has 0 aliphatic carbocycles. The molecule has 0 saturated heterocycles. The van der Waals surface area contributed by atoms with Crippen molar-refractivity contribution in [3.63, 3.8) is 0 Å². The van der Waals surface area contributed by atoms with E-state index < -0.39 is 23.8 Å². The summed E-state index contributed by atoms with van der Waals surface area (Å²) in [4.78, 5) is 54.5. The van der Waals surface area contributed by atoms with Gasteiger partial charge < -0.3 is 20.8 Å². The molecule has 0 radical (unpaired) electrons. The molecule has 4 N–H and O–H groups in total. The number of rotatable bonds is 9. The first-order chi connectivity index (χ1) is 19.3. The quantitative estimate of drug-likeness (QED) is 0.226. The van der Waals surface area contributed by atoms with Gasteiger partial charge in [0.2, 0.25) is 11.8 Å². The zero-order chi connectivity index (χ0) is 28.5. The van der Waals surface area contributed by atoms with Gasteiger partial charge in [0, 0.05) is 52.4 Å². The van der Waals surface area contributed by atoms with Crippen molar-refractivity contribution in [1.29, 1.82) is 0 Å². The van der Waals surface area contributed by atoms with E-state index in [4.69, 9.17) is 20.2 Å². The lowest BCUT2D eigenvalue weighted by Gasteiger charge is -2.11. The number of carboxylic acid groups (broad SMARTS) is 2. The predicted octanol–water partition coefficient (Wildman–Crippen LogP) is 4.64. The molecule has 2 amide bonds. The van der Waals surface area contributed by atoms with Crippen molar-refractivity contribution in [3.05, 3.63) is 109 Å². The van der Waals surface area contributed by atoms with E-state index in [9.17, 15) is 19.2 Å². The van der Waals surface area contributed by atoms with Crippen LogP contribution in [-0.4, -0.2) is 43.9 Å². The Morgan fingerprint density at radius 1 is 0.550 bits per heavy atom. The monoisotopic (exact) mass is 534 g/mol. The second-order valence-electron chi connectivity index (χ2n) is 8.30. The number of carbonyl (C=O) groups is 4. The summed E-state index contributed by atoms with van der Waals surface area (Å²) in [6.07, 6.45) is 3.38. The van der Waals surface area contributed by atoms with E-state index in [1.807, 2.05) is 36.4 Å². The Balaban J connectivity index is 1.63. The van der Waals surface area contributed by atoms with Gasteiger partial charge in [0.15, 0.2) is 5.82 Å². The van der Waals surface area contributed by atoms with Crippen LogP contribution in [0.15, 0.2) is 109 Å². The summed E-state index contributed by atoms with van der Waals surface area (Å²) >= 11 is 0. The van der Waals surface area contributed by atoms with Crippen molar-refractivity contribution in [2.45, 2.75) is 0 Å². The standard InChI is InChI=1S/C30H22N4O6/c35-26(14-16-28(37)38)31-22-10-6-19(7-11-22)24-18-25(34-30(33-24)21-4-2-1-3-5-21)20-8-12-23(13-9-20)32-27(36)15-17-29(39)40/h1-18H,(H,31,35)(H,32,36)(H,37,38)(H,39,40). The average molecular weight is 535 g/mol. The van der Waals surface area contributed by atoms with Crippen LogP contribution in [0.1, 0.15) is 0 Å². The lowest BCUT2D eigenvalue weighted by atomic mass is 10.1. The third-order valence-corrected chi connectivity index (χ3v) is 5.41. The van der Waals surface area contributed by atoms with Gasteiger partial charge in [-0.3, -0.25) is 9.59 Å². The van der Waals surface area contributed by atoms with Crippen molar-refractivity contribution in [3.8, 4) is 33.9 Å². The molecule has 10 nitrogen and oxygen atoms in total. The molecule has 10 heteroatoms. The van der Waals surface area contributed by atoms with Crippen LogP contribution in [0, 0.1) is 0 Å². The van der Waals surface area contributed by atoms with Crippen LogP contribution in [0.2, 0.25) is 0 Å². The van der Waals surface area contributed by atoms with Crippen LogP contribution in [0.4, 0.5) is 11.4 Å². The molecular weight excluding hydrogens is 512 g/mol. The number of aromatic nitrogens is 2. The molecule has 0 aliphatic rings. The lowest BCUT2D eigenvalue weighted by Crippen LogP contribution is -2.08. The van der Waals surface area contributed by atoms with Gasteiger partial charge in [0.1, 0.15) is 0 Å². The zero-order valence-corrected chi connectivity index (χ0v) is 20.8. The van der Waals surface area contributed by atoms with E-state index in [-0.39, 0.29) is 0 Å². The topological polar surface area (TPSA) is 159 Å². The maximum atomic E-state index is 11.9. The fraction of sp³-hybridized carbons (Fsp3) is 0. The SMILES string of the molecule is O=C(O)C=CC(=O)Nc1ccc(-c2cc(-c3ccc(NC(=O)C=CC(=O)O)cc3)nc(-c3ccccc3)n2)cc1. The molecule has 1 heterocycles. The molecule has 40 heavy (non-hydrogen) atoms. The number of amides is 2. The summed E-state index contributed by atoms with van der Waals surface area (Å²) in [6, 6.07) is 25.1. The third kappa shape index (κ3) is 7.56. The van der Waals surface area contributed by atoms with Gasteiger partial charge in [0.25, 0.3) is 0 Å². The van der Waals surface area contributed by atoms with E-state index >= 15 is 0 Å². The minimum atomic E-state index is -1.22. The fourth-order valence-electron chi connectivity index (χ4n) is 3.57. The molecule has 3 aromatic carbocycles. The van der Waals surface area contributed by atoms with Crippen molar-refractivity contribution >= 4 is 35.1 Å². The highest BCUT2D eigenvalue weighted by molar-refractivity contribution is 6.03. The Labute approximate surface area is 228 Å². The number of nitrogens with one attached hydrogen (secondary N) is 2. The Hall–Kier alpha value is -5.90. The predicted molar refractivity (Wildman–Crippen MR) is 149 cm³/mol. The molecule has 4 rings (SSSR count). The molecule has 0 spiro atoms. The first-order valence-corrected chi connectivity index (χ1v) is 11.9. The maximum Gasteiger partial charge on any atom is 0.328 e. The van der Waals surface area contributed by atoms with Crippen LogP contribution in [0.3, 0.4) is 0 Å². The number of benzene rings is 3. The first kappa shape index (κ1) is 27.1. The zero-order valence-electron chi connectivity index (χ0n) is 20.8. The second-order valence-corrected chi connectivity index (χ2v) is 8.30. The molecule has 4 aromatic rings. The van der Waals surface area contributed by atoms with Crippen LogP contribution >= 0.6 is 0 Å². The molecule has 0 unspecified atom stereocenters. The minimum Gasteiger partial charge on any atom is -0.478 e. The molecule has 0 saturated carbocycles. The van der Waals surface area contributed by atoms with E-state index in [1.165, 1.54) is 0 Å². The number of anilines is 2. The highest BCUT2D eigenvalue weighted by atomic mass is 16.4. The fourth-order valence-corrected chi connectivity index (χ4v) is 3.57. The Kier molecular flexibility index (Phi) is 8.53. The Bertz CT molecular complexity index is 1510. The lowest BCUT2D eigenvalue weighted by molar-refractivity contribution is -0.132. The number of nitrogens with zero attached hydrogens (tertiary/aromatic N) is 2. The molecule has 0 atom stereocenters. The molecule has 0 fully saturated rings. The highest BCUT2D eigenvalue weighted by Gasteiger charge is 2.11. The Morgan fingerprint density at radius 3 is 1.38 bits per heavy atom. The van der Waals surface area contributed by atoms with Crippen LogP contribution in [-0.2, 0) is 19.2 Å². The summed E-state index contributed by atoms with van der Waals surface area (Å²) in [5, 5.41) is 22.5. The summed E-state index contributed by atoms with van der Waals surface area (Å²) in [7, 11) is 0. The van der Waals surface area contributed by atoms with Gasteiger partial charge in [-0.05, 0) is 30.3 Å². The number of aliphatic carboxylic acids is 2. The van der Waals surface area contributed by atoms with Gasteiger partial charge in [-0.15, -0.1) is 0 Å². The molecule has 1 aromatic heterocycles. The van der Waals surface area contributed by atoms with Crippen LogP contribution in [0.25, 0.3) is 33.9 Å². The second kappa shape index (κ2) is 12.6. The highest BCUT2D eigenvalue weighted by Crippen LogP contribution is 2.29. The largest absolute Gasteiger partial charge is 0.478 e. The first-order valence-electron chi connectivity index (χ1n) is 11.9. The van der Waals surface area contributed by atoms with Crippen LogP contribution < -0.4 is 10.6 Å². The third-order valence-electron chi connectivity index (χ3n) is 5.41. The average Bonchev–Trinajstić information content (AvgIpc) is 2.96. The van der Waals surface area contributed by atoms with Crippen molar-refractivity contribution in [2.75, 3.05) is 10.6 Å². The molecule has 198 valence electrons. The smallest absolute Gasteiger partial charge is 0.328 e. The minimum absolute atomic E-state index is 0.484. The summed E-state index contributed by atoms with van der Waals surface area (Å²) in [6.45, 7) is 0. The number of carboxylic acids is 2. The van der Waals surface area contributed by atoms with Crippen molar-refractivity contribution in [2.24, 2.45) is 0 Å². The van der Waals surface area contributed by atoms with Gasteiger partial charge >= 0.3 is 11.9 Å². The Morgan fingerprint density at radius 2 is 0.975 bits per heavy atom. The van der Waals surface area contributed by atoms with Crippen molar-refractivity contribution in [1.82, 2.24) is 9.97 Å². The number of hydrogen-bond acceptors (Lipinski definition) is 6. The van der Waals surface area contributed by atoms with Gasteiger partial charge in [-0.2, -0.15) is 0 Å². The maximum absolute atomic E-state index is 11.9. The number of hydrogen-bond donors (Lipinski definition) is 4.